The number of hydrogen-bond donors (Lipinski definition) is 1. The first-order valence-corrected chi connectivity index (χ1v) is 4.37. The molecule has 6 nitrogen and oxygen atoms in total. The first kappa shape index (κ1) is 11.1. The van der Waals surface area contributed by atoms with E-state index < -0.39 is 5.97 Å². The molecule has 1 N–H and O–H groups in total. The number of aromatic nitrogens is 2. The van der Waals surface area contributed by atoms with Crippen molar-refractivity contribution < 1.29 is 14.7 Å². The van der Waals surface area contributed by atoms with Crippen LogP contribution in [0, 0.1) is 6.92 Å². The largest absolute Gasteiger partial charge is 0.462 e. The maximum atomic E-state index is 11.3. The Balaban J connectivity index is 2.97. The van der Waals surface area contributed by atoms with Crippen molar-refractivity contribution in [1.29, 1.82) is 0 Å². The van der Waals surface area contributed by atoms with E-state index in [2.05, 4.69) is 15.1 Å². The Labute approximate surface area is 86.6 Å². The lowest BCUT2D eigenvalue weighted by molar-refractivity contribution is 0.0524. The predicted octanol–water partition coefficient (Wildman–Crippen LogP) is 0.770. The molecule has 0 spiro atoms. The fraction of sp³-hybridized carbons (Fsp3) is 0.333. The molecule has 0 atom stereocenters. The Hall–Kier alpha value is -1.98. The second kappa shape index (κ2) is 5.04. The molecular weight excluding hydrogens is 198 g/mol. The van der Waals surface area contributed by atoms with Crippen LogP contribution in [0.2, 0.25) is 0 Å². The summed E-state index contributed by atoms with van der Waals surface area (Å²) in [5.41, 5.74) is 0.797. The third-order valence-corrected chi connectivity index (χ3v) is 1.67. The molecule has 0 aromatic carbocycles. The molecule has 0 unspecified atom stereocenters. The second-order valence-corrected chi connectivity index (χ2v) is 2.69. The summed E-state index contributed by atoms with van der Waals surface area (Å²) >= 11 is 0. The number of carbonyl (C=O) groups is 1. The molecule has 1 heterocycles. The molecule has 0 aliphatic rings. The number of oxime groups is 1. The summed E-state index contributed by atoms with van der Waals surface area (Å²) < 4.78 is 4.81. The molecule has 0 radical (unpaired) electrons. The van der Waals surface area contributed by atoms with E-state index in [1.807, 2.05) is 0 Å². The number of carbonyl (C=O) groups excluding carboxylic acids is 1. The van der Waals surface area contributed by atoms with Gasteiger partial charge in [0.1, 0.15) is 6.21 Å². The number of nitrogens with zero attached hydrogens (tertiary/aromatic N) is 3. The number of rotatable bonds is 3. The van der Waals surface area contributed by atoms with Gasteiger partial charge >= 0.3 is 5.97 Å². The molecule has 1 aromatic rings. The maximum Gasteiger partial charge on any atom is 0.341 e. The standard InChI is InChI=1S/C9H11N3O3/c1-3-15-9(13)7-4-10-8(5-11-14)12-6(7)2/h4-5,14H,3H2,1-2H3/b11-5-. The fourth-order valence-electron chi connectivity index (χ4n) is 1.01. The minimum Gasteiger partial charge on any atom is -0.462 e. The molecule has 1 rings (SSSR count). The van der Waals surface area contributed by atoms with Crippen molar-refractivity contribution in [2.75, 3.05) is 6.61 Å². The van der Waals surface area contributed by atoms with Crippen molar-refractivity contribution in [3.05, 3.63) is 23.3 Å². The predicted molar refractivity (Wildman–Crippen MR) is 52.1 cm³/mol. The first-order valence-electron chi connectivity index (χ1n) is 4.37. The normalized spacial score (nSPS) is 10.5. The van der Waals surface area contributed by atoms with Gasteiger partial charge in [0.05, 0.1) is 17.9 Å². The van der Waals surface area contributed by atoms with E-state index in [4.69, 9.17) is 9.94 Å². The quantitative estimate of drug-likeness (QED) is 0.344. The van der Waals surface area contributed by atoms with Crippen molar-refractivity contribution in [2.24, 2.45) is 5.16 Å². The highest BCUT2D eigenvalue weighted by Crippen LogP contribution is 2.05. The molecule has 6 heteroatoms. The van der Waals surface area contributed by atoms with Gasteiger partial charge in [0.15, 0.2) is 5.82 Å². The van der Waals surface area contributed by atoms with Gasteiger partial charge in [0.2, 0.25) is 0 Å². The van der Waals surface area contributed by atoms with Crippen LogP contribution in [0.5, 0.6) is 0 Å². The lowest BCUT2D eigenvalue weighted by Gasteiger charge is -2.03. The maximum absolute atomic E-state index is 11.3. The zero-order chi connectivity index (χ0) is 11.3. The average molecular weight is 209 g/mol. The van der Waals surface area contributed by atoms with E-state index in [9.17, 15) is 4.79 Å². The van der Waals surface area contributed by atoms with Crippen molar-refractivity contribution >= 4 is 12.2 Å². The fourth-order valence-corrected chi connectivity index (χ4v) is 1.01. The topological polar surface area (TPSA) is 84.7 Å². The molecule has 0 fully saturated rings. The Bertz CT molecular complexity index is 390. The SMILES string of the molecule is CCOC(=O)c1cnc(/C=N\O)nc1C. The van der Waals surface area contributed by atoms with Crippen molar-refractivity contribution in [2.45, 2.75) is 13.8 Å². The van der Waals surface area contributed by atoms with E-state index in [0.29, 0.717) is 17.9 Å². The number of esters is 1. The summed E-state index contributed by atoms with van der Waals surface area (Å²) in [6.07, 6.45) is 2.43. The molecule has 0 saturated heterocycles. The molecule has 15 heavy (non-hydrogen) atoms. The van der Waals surface area contributed by atoms with Crippen LogP contribution in [0.25, 0.3) is 0 Å². The Morgan fingerprint density at radius 2 is 2.47 bits per heavy atom. The Morgan fingerprint density at radius 3 is 3.00 bits per heavy atom. The van der Waals surface area contributed by atoms with E-state index in [-0.39, 0.29) is 5.82 Å². The van der Waals surface area contributed by atoms with Crippen molar-refractivity contribution in [1.82, 2.24) is 9.97 Å². The number of aryl methyl sites for hydroxylation is 1. The van der Waals surface area contributed by atoms with Crippen LogP contribution in [-0.4, -0.2) is 34.0 Å². The van der Waals surface area contributed by atoms with Gasteiger partial charge in [0, 0.05) is 6.20 Å². The van der Waals surface area contributed by atoms with E-state index in [1.165, 1.54) is 6.20 Å². The van der Waals surface area contributed by atoms with Gasteiger partial charge in [-0.3, -0.25) is 0 Å². The minimum atomic E-state index is -0.456. The summed E-state index contributed by atoms with van der Waals surface area (Å²) in [7, 11) is 0. The molecule has 0 amide bonds. The van der Waals surface area contributed by atoms with E-state index in [0.717, 1.165) is 6.21 Å². The van der Waals surface area contributed by atoms with Gasteiger partial charge in [-0.05, 0) is 13.8 Å². The summed E-state index contributed by atoms with van der Waals surface area (Å²) in [6.45, 7) is 3.68. The third-order valence-electron chi connectivity index (χ3n) is 1.67. The van der Waals surface area contributed by atoms with Gasteiger partial charge in [0.25, 0.3) is 0 Å². The van der Waals surface area contributed by atoms with Crippen LogP contribution in [-0.2, 0) is 4.74 Å². The molecule has 0 aliphatic heterocycles. The highest BCUT2D eigenvalue weighted by molar-refractivity contribution is 5.90. The molecule has 0 saturated carbocycles. The zero-order valence-electron chi connectivity index (χ0n) is 8.47. The van der Waals surface area contributed by atoms with E-state index in [1.54, 1.807) is 13.8 Å². The molecule has 80 valence electrons. The van der Waals surface area contributed by atoms with Crippen LogP contribution in [0.1, 0.15) is 28.8 Å². The van der Waals surface area contributed by atoms with Crippen LogP contribution >= 0.6 is 0 Å². The lowest BCUT2D eigenvalue weighted by Crippen LogP contribution is -2.10. The number of ether oxygens (including phenoxy) is 1. The minimum absolute atomic E-state index is 0.239. The van der Waals surface area contributed by atoms with Gasteiger partial charge < -0.3 is 9.94 Å². The molecule has 0 aliphatic carbocycles. The monoisotopic (exact) mass is 209 g/mol. The summed E-state index contributed by atoms with van der Waals surface area (Å²) in [5, 5.41) is 11.1. The molecule has 1 aromatic heterocycles. The summed E-state index contributed by atoms with van der Waals surface area (Å²) in [4.78, 5) is 19.1. The zero-order valence-corrected chi connectivity index (χ0v) is 8.47. The smallest absolute Gasteiger partial charge is 0.341 e. The summed E-state index contributed by atoms with van der Waals surface area (Å²) in [5.74, 6) is -0.217. The summed E-state index contributed by atoms with van der Waals surface area (Å²) in [6, 6.07) is 0. The van der Waals surface area contributed by atoms with E-state index >= 15 is 0 Å². The van der Waals surface area contributed by atoms with Crippen LogP contribution in [0.4, 0.5) is 0 Å². The van der Waals surface area contributed by atoms with Gasteiger partial charge in [-0.2, -0.15) is 0 Å². The Morgan fingerprint density at radius 1 is 1.73 bits per heavy atom. The highest BCUT2D eigenvalue weighted by atomic mass is 16.5. The van der Waals surface area contributed by atoms with Crippen LogP contribution in [0.3, 0.4) is 0 Å². The van der Waals surface area contributed by atoms with Crippen molar-refractivity contribution in [3.63, 3.8) is 0 Å². The van der Waals surface area contributed by atoms with Gasteiger partial charge in [-0.15, -0.1) is 0 Å². The average Bonchev–Trinajstić information content (AvgIpc) is 2.18. The lowest BCUT2D eigenvalue weighted by atomic mass is 10.2. The third kappa shape index (κ3) is 2.73. The second-order valence-electron chi connectivity index (χ2n) is 2.69. The van der Waals surface area contributed by atoms with Crippen LogP contribution < -0.4 is 0 Å². The number of hydrogen-bond acceptors (Lipinski definition) is 6. The Kier molecular flexibility index (Phi) is 3.73. The van der Waals surface area contributed by atoms with Crippen LogP contribution in [0.15, 0.2) is 11.4 Å². The van der Waals surface area contributed by atoms with Gasteiger partial charge in [-0.1, -0.05) is 5.16 Å². The first-order chi connectivity index (χ1) is 7.19. The molecular formula is C9H11N3O3. The van der Waals surface area contributed by atoms with Gasteiger partial charge in [-0.25, -0.2) is 14.8 Å². The van der Waals surface area contributed by atoms with Crippen molar-refractivity contribution in [3.8, 4) is 0 Å². The molecule has 0 bridgehead atoms. The highest BCUT2D eigenvalue weighted by Gasteiger charge is 2.11.